The van der Waals surface area contributed by atoms with Gasteiger partial charge in [0.2, 0.25) is 6.10 Å². The number of hydrogen-bond donors (Lipinski definition) is 1. The fourth-order valence-corrected chi connectivity index (χ4v) is 3.74. The van der Waals surface area contributed by atoms with Crippen LogP contribution < -0.4 is 14.8 Å². The van der Waals surface area contributed by atoms with Crippen LogP contribution in [0.3, 0.4) is 0 Å². The van der Waals surface area contributed by atoms with Crippen molar-refractivity contribution in [1.82, 2.24) is 10.3 Å². The second-order valence-corrected chi connectivity index (χ2v) is 7.11. The SMILES string of the molecule is Cc1nc(-c2ccco2)sc1CNC(=O)C1Oc2ccccc2OC1C. The van der Waals surface area contributed by atoms with E-state index in [4.69, 9.17) is 13.9 Å². The van der Waals surface area contributed by atoms with Crippen LogP contribution in [0.4, 0.5) is 0 Å². The van der Waals surface area contributed by atoms with E-state index in [-0.39, 0.29) is 12.0 Å². The summed E-state index contributed by atoms with van der Waals surface area (Å²) in [6.45, 7) is 4.13. The van der Waals surface area contributed by atoms with Gasteiger partial charge in [-0.3, -0.25) is 4.79 Å². The Morgan fingerprint density at radius 2 is 1.96 bits per heavy atom. The van der Waals surface area contributed by atoms with Crippen molar-refractivity contribution in [3.05, 3.63) is 53.2 Å². The van der Waals surface area contributed by atoms with Gasteiger partial charge in [0.25, 0.3) is 5.91 Å². The maximum absolute atomic E-state index is 12.6. The molecule has 1 N–H and O–H groups in total. The zero-order valence-corrected chi connectivity index (χ0v) is 15.2. The third kappa shape index (κ3) is 3.17. The van der Waals surface area contributed by atoms with E-state index in [1.807, 2.05) is 44.2 Å². The van der Waals surface area contributed by atoms with E-state index in [1.165, 1.54) is 11.3 Å². The molecule has 2 aromatic heterocycles. The van der Waals surface area contributed by atoms with Crippen LogP contribution in [-0.2, 0) is 11.3 Å². The first kappa shape index (κ1) is 16.7. The first-order valence-electron chi connectivity index (χ1n) is 8.32. The summed E-state index contributed by atoms with van der Waals surface area (Å²) < 4.78 is 17.0. The van der Waals surface area contributed by atoms with Gasteiger partial charge in [-0.05, 0) is 38.1 Å². The molecule has 0 saturated carbocycles. The second kappa shape index (κ2) is 6.84. The van der Waals surface area contributed by atoms with Crippen molar-refractivity contribution < 1.29 is 18.7 Å². The lowest BCUT2D eigenvalue weighted by molar-refractivity contribution is -0.133. The molecule has 1 aliphatic rings. The van der Waals surface area contributed by atoms with E-state index in [0.717, 1.165) is 21.3 Å². The van der Waals surface area contributed by atoms with Crippen molar-refractivity contribution in [2.45, 2.75) is 32.6 Å². The van der Waals surface area contributed by atoms with E-state index in [2.05, 4.69) is 10.3 Å². The zero-order valence-electron chi connectivity index (χ0n) is 14.4. The molecule has 7 heteroatoms. The second-order valence-electron chi connectivity index (χ2n) is 6.03. The summed E-state index contributed by atoms with van der Waals surface area (Å²) >= 11 is 1.50. The fraction of sp³-hybridized carbons (Fsp3) is 0.263. The molecule has 3 heterocycles. The molecule has 0 radical (unpaired) electrons. The lowest BCUT2D eigenvalue weighted by Crippen LogP contribution is -2.48. The molecule has 0 bridgehead atoms. The number of fused-ring (bicyclic) bond motifs is 1. The van der Waals surface area contributed by atoms with Gasteiger partial charge in [-0.25, -0.2) is 4.98 Å². The van der Waals surface area contributed by atoms with E-state index >= 15 is 0 Å². The third-order valence-corrected chi connectivity index (χ3v) is 5.32. The van der Waals surface area contributed by atoms with Gasteiger partial charge in [-0.2, -0.15) is 0 Å². The highest BCUT2D eigenvalue weighted by atomic mass is 32.1. The Morgan fingerprint density at radius 1 is 1.19 bits per heavy atom. The zero-order chi connectivity index (χ0) is 18.1. The number of aromatic nitrogens is 1. The number of nitrogens with one attached hydrogen (secondary N) is 1. The van der Waals surface area contributed by atoms with Crippen molar-refractivity contribution >= 4 is 17.2 Å². The fourth-order valence-electron chi connectivity index (χ4n) is 2.77. The van der Waals surface area contributed by atoms with Crippen LogP contribution in [0.25, 0.3) is 10.8 Å². The Balaban J connectivity index is 1.43. The van der Waals surface area contributed by atoms with Crippen LogP contribution in [0.2, 0.25) is 0 Å². The summed E-state index contributed by atoms with van der Waals surface area (Å²) in [6, 6.07) is 11.0. The Bertz CT molecular complexity index is 920. The van der Waals surface area contributed by atoms with Crippen LogP contribution in [0.15, 0.2) is 47.1 Å². The molecule has 2 unspecified atom stereocenters. The number of rotatable bonds is 4. The summed E-state index contributed by atoms with van der Waals surface area (Å²) in [5.74, 6) is 1.76. The lowest BCUT2D eigenvalue weighted by Gasteiger charge is -2.30. The molecule has 0 aliphatic carbocycles. The van der Waals surface area contributed by atoms with Gasteiger partial charge < -0.3 is 19.2 Å². The molecule has 2 atom stereocenters. The Hall–Kier alpha value is -2.80. The van der Waals surface area contributed by atoms with Gasteiger partial charge in [-0.1, -0.05) is 12.1 Å². The average Bonchev–Trinajstić information content (AvgIpc) is 3.29. The highest BCUT2D eigenvalue weighted by molar-refractivity contribution is 7.15. The molecule has 4 rings (SSSR count). The number of nitrogens with zero attached hydrogens (tertiary/aromatic N) is 1. The summed E-state index contributed by atoms with van der Waals surface area (Å²) in [5, 5.41) is 3.73. The highest BCUT2D eigenvalue weighted by Crippen LogP contribution is 2.33. The van der Waals surface area contributed by atoms with Crippen LogP contribution in [-0.4, -0.2) is 23.1 Å². The van der Waals surface area contributed by atoms with Gasteiger partial charge >= 0.3 is 0 Å². The van der Waals surface area contributed by atoms with Crippen LogP contribution in [0, 0.1) is 6.92 Å². The maximum atomic E-state index is 12.6. The number of furan rings is 1. The smallest absolute Gasteiger partial charge is 0.265 e. The van der Waals surface area contributed by atoms with E-state index < -0.39 is 6.10 Å². The molecule has 1 aromatic carbocycles. The predicted octanol–water partition coefficient (Wildman–Crippen LogP) is 3.56. The number of carbonyl (C=O) groups excluding carboxylic acids is 1. The van der Waals surface area contributed by atoms with E-state index in [9.17, 15) is 4.79 Å². The molecule has 1 amide bonds. The topological polar surface area (TPSA) is 73.6 Å². The van der Waals surface area contributed by atoms with Gasteiger partial charge in [-0.15, -0.1) is 11.3 Å². The minimum atomic E-state index is -0.692. The molecule has 134 valence electrons. The molecule has 6 nitrogen and oxygen atoms in total. The Labute approximate surface area is 154 Å². The quantitative estimate of drug-likeness (QED) is 0.760. The van der Waals surface area contributed by atoms with Crippen LogP contribution >= 0.6 is 11.3 Å². The largest absolute Gasteiger partial charge is 0.482 e. The van der Waals surface area contributed by atoms with Gasteiger partial charge in [0.05, 0.1) is 18.5 Å². The van der Waals surface area contributed by atoms with Crippen molar-refractivity contribution in [3.63, 3.8) is 0 Å². The van der Waals surface area contributed by atoms with Gasteiger partial charge in [0.1, 0.15) is 6.10 Å². The maximum Gasteiger partial charge on any atom is 0.265 e. The molecule has 0 saturated heterocycles. The number of ether oxygens (including phenoxy) is 2. The molecule has 0 spiro atoms. The normalized spacial score (nSPS) is 18.5. The van der Waals surface area contributed by atoms with Crippen molar-refractivity contribution in [2.75, 3.05) is 0 Å². The van der Waals surface area contributed by atoms with Crippen molar-refractivity contribution in [3.8, 4) is 22.3 Å². The Kier molecular flexibility index (Phi) is 4.38. The first-order chi connectivity index (χ1) is 12.6. The number of amides is 1. The average molecular weight is 370 g/mol. The summed E-state index contributed by atoms with van der Waals surface area (Å²) in [5.41, 5.74) is 0.876. The number of thiazole rings is 1. The predicted molar refractivity (Wildman–Crippen MR) is 97.3 cm³/mol. The highest BCUT2D eigenvalue weighted by Gasteiger charge is 2.34. The number of para-hydroxylation sites is 2. The van der Waals surface area contributed by atoms with E-state index in [1.54, 1.807) is 12.3 Å². The van der Waals surface area contributed by atoms with Crippen LogP contribution in [0.1, 0.15) is 17.5 Å². The number of hydrogen-bond acceptors (Lipinski definition) is 6. The number of benzene rings is 1. The van der Waals surface area contributed by atoms with Crippen LogP contribution in [0.5, 0.6) is 11.5 Å². The molecule has 0 fully saturated rings. The van der Waals surface area contributed by atoms with Crippen molar-refractivity contribution in [1.29, 1.82) is 0 Å². The third-order valence-electron chi connectivity index (χ3n) is 4.15. The molecule has 26 heavy (non-hydrogen) atoms. The van der Waals surface area contributed by atoms with Gasteiger partial charge in [0, 0.05) is 4.88 Å². The van der Waals surface area contributed by atoms with Crippen molar-refractivity contribution in [2.24, 2.45) is 0 Å². The molecular formula is C19H18N2O4S. The van der Waals surface area contributed by atoms with Gasteiger partial charge in [0.15, 0.2) is 22.3 Å². The molecular weight excluding hydrogens is 352 g/mol. The van der Waals surface area contributed by atoms with E-state index in [0.29, 0.717) is 18.0 Å². The minimum absolute atomic E-state index is 0.209. The summed E-state index contributed by atoms with van der Waals surface area (Å²) in [6.07, 6.45) is 0.557. The summed E-state index contributed by atoms with van der Waals surface area (Å²) in [4.78, 5) is 18.1. The first-order valence-corrected chi connectivity index (χ1v) is 9.13. The number of carbonyl (C=O) groups is 1. The Morgan fingerprint density at radius 3 is 2.69 bits per heavy atom. The summed E-state index contributed by atoms with van der Waals surface area (Å²) in [7, 11) is 0. The number of aryl methyl sites for hydroxylation is 1. The monoisotopic (exact) mass is 370 g/mol. The lowest BCUT2D eigenvalue weighted by atomic mass is 10.1. The molecule has 1 aliphatic heterocycles. The standard InChI is InChI=1S/C19H18N2O4S/c1-11-16(26-19(21-11)15-8-5-9-23-15)10-20-18(22)17-12(2)24-13-6-3-4-7-14(13)25-17/h3-9,12,17H,10H2,1-2H3,(H,20,22). The molecule has 3 aromatic rings. The minimum Gasteiger partial charge on any atom is -0.482 e.